The van der Waals surface area contributed by atoms with E-state index in [2.05, 4.69) is 25.3 Å². The van der Waals surface area contributed by atoms with Crippen LogP contribution in [0.3, 0.4) is 0 Å². The van der Waals surface area contributed by atoms with Crippen LogP contribution in [0.2, 0.25) is 5.02 Å². The molecule has 3 heterocycles. The van der Waals surface area contributed by atoms with Gasteiger partial charge in [-0.05, 0) is 36.1 Å². The molecule has 3 aromatic heterocycles. The van der Waals surface area contributed by atoms with Crippen molar-refractivity contribution in [2.24, 2.45) is 0 Å². The first-order valence-electron chi connectivity index (χ1n) is 10.3. The van der Waals surface area contributed by atoms with E-state index < -0.39 is 29.1 Å². The molecule has 11 heteroatoms. The summed E-state index contributed by atoms with van der Waals surface area (Å²) in [6.07, 6.45) is 3.28. The van der Waals surface area contributed by atoms with Crippen LogP contribution in [0.1, 0.15) is 25.1 Å². The number of aromatic nitrogens is 5. The number of H-pyrrole nitrogens is 1. The minimum absolute atomic E-state index is 0.0624. The van der Waals surface area contributed by atoms with Crippen molar-refractivity contribution in [3.8, 4) is 5.69 Å². The Balaban J connectivity index is 1.78. The molecule has 0 bridgehead atoms. The first-order valence-corrected chi connectivity index (χ1v) is 10.7. The highest BCUT2D eigenvalue weighted by Gasteiger charge is 2.22. The van der Waals surface area contributed by atoms with E-state index in [1.54, 1.807) is 6.07 Å². The van der Waals surface area contributed by atoms with Crippen LogP contribution < -0.4 is 10.9 Å². The van der Waals surface area contributed by atoms with Crippen LogP contribution in [0.15, 0.2) is 53.8 Å². The van der Waals surface area contributed by atoms with Crippen molar-refractivity contribution in [1.82, 2.24) is 24.5 Å². The third-order valence-electron chi connectivity index (χ3n) is 5.50. The zero-order valence-corrected chi connectivity index (χ0v) is 18.4. The lowest BCUT2D eigenvalue weighted by Crippen LogP contribution is -2.27. The van der Waals surface area contributed by atoms with Crippen LogP contribution in [0, 0.1) is 17.5 Å². The van der Waals surface area contributed by atoms with Gasteiger partial charge in [0, 0.05) is 11.8 Å². The fourth-order valence-corrected chi connectivity index (χ4v) is 4.22. The number of fused-ring (bicyclic) bond motifs is 2. The summed E-state index contributed by atoms with van der Waals surface area (Å²) in [6.45, 7) is 1.86. The maximum absolute atomic E-state index is 14.2. The highest BCUT2D eigenvalue weighted by Crippen LogP contribution is 2.31. The number of nitrogens with one attached hydrogen (secondary N) is 2. The average molecular weight is 485 g/mol. The molecule has 0 saturated heterocycles. The zero-order chi connectivity index (χ0) is 24.0. The van der Waals surface area contributed by atoms with E-state index in [0.717, 1.165) is 22.8 Å². The maximum Gasteiger partial charge on any atom is 0.264 e. The summed E-state index contributed by atoms with van der Waals surface area (Å²) in [7, 11) is 0. The highest BCUT2D eigenvalue weighted by atomic mass is 35.5. The minimum Gasteiger partial charge on any atom is -0.360 e. The number of imidazole rings is 1. The van der Waals surface area contributed by atoms with Crippen LogP contribution in [-0.4, -0.2) is 24.5 Å². The Kier molecular flexibility index (Phi) is 5.45. The van der Waals surface area contributed by atoms with E-state index in [0.29, 0.717) is 40.5 Å². The van der Waals surface area contributed by atoms with Crippen molar-refractivity contribution in [3.63, 3.8) is 0 Å². The molecule has 5 rings (SSSR count). The molecule has 0 spiro atoms. The second kappa shape index (κ2) is 8.45. The number of nitrogens with zero attached hydrogens (tertiary/aromatic N) is 4. The Labute approximate surface area is 195 Å². The SMILES string of the molecule is CC[C@H](Nc1ncnc2[nH]cnc12)c1cc2ccc(F)c(Cl)c2c(=O)n1-c1cc(F)cc(F)c1. The van der Waals surface area contributed by atoms with Gasteiger partial charge < -0.3 is 10.3 Å². The molecular formula is C23H16ClF3N6O. The molecule has 2 N–H and O–H groups in total. The third-order valence-corrected chi connectivity index (χ3v) is 5.87. The molecule has 0 aliphatic carbocycles. The number of benzene rings is 2. The van der Waals surface area contributed by atoms with Gasteiger partial charge in [-0.2, -0.15) is 0 Å². The fraction of sp³-hybridized carbons (Fsp3) is 0.130. The summed E-state index contributed by atoms with van der Waals surface area (Å²) in [4.78, 5) is 29.1. The van der Waals surface area contributed by atoms with Gasteiger partial charge in [-0.25, -0.2) is 28.1 Å². The molecular weight excluding hydrogens is 469 g/mol. The van der Waals surface area contributed by atoms with E-state index in [1.165, 1.54) is 18.7 Å². The van der Waals surface area contributed by atoms with Gasteiger partial charge >= 0.3 is 0 Å². The van der Waals surface area contributed by atoms with E-state index in [1.807, 2.05) is 6.92 Å². The summed E-state index contributed by atoms with van der Waals surface area (Å²) in [5, 5.41) is 3.16. The number of hydrogen-bond donors (Lipinski definition) is 2. The topological polar surface area (TPSA) is 88.5 Å². The summed E-state index contributed by atoms with van der Waals surface area (Å²) in [6, 6.07) is 6.42. The van der Waals surface area contributed by atoms with Gasteiger partial charge in [-0.1, -0.05) is 24.6 Å². The molecule has 0 unspecified atom stereocenters. The van der Waals surface area contributed by atoms with Crippen LogP contribution in [0.25, 0.3) is 27.6 Å². The summed E-state index contributed by atoms with van der Waals surface area (Å²) in [5.74, 6) is -2.11. The number of anilines is 1. The van der Waals surface area contributed by atoms with Gasteiger partial charge in [0.2, 0.25) is 0 Å². The molecule has 0 saturated carbocycles. The molecule has 1 atom stereocenters. The molecule has 0 aliphatic rings. The van der Waals surface area contributed by atoms with Gasteiger partial charge in [0.05, 0.1) is 28.5 Å². The predicted molar refractivity (Wildman–Crippen MR) is 123 cm³/mol. The normalized spacial score (nSPS) is 12.4. The number of halogens is 4. The highest BCUT2D eigenvalue weighted by molar-refractivity contribution is 6.35. The molecule has 2 aromatic carbocycles. The van der Waals surface area contributed by atoms with Crippen molar-refractivity contribution in [3.05, 3.63) is 87.6 Å². The Morgan fingerprint density at radius 3 is 2.59 bits per heavy atom. The molecule has 5 aromatic rings. The van der Waals surface area contributed by atoms with E-state index in [9.17, 15) is 18.0 Å². The third kappa shape index (κ3) is 3.65. The monoisotopic (exact) mass is 484 g/mol. The number of aromatic amines is 1. The number of hydrogen-bond acceptors (Lipinski definition) is 5. The summed E-state index contributed by atoms with van der Waals surface area (Å²) >= 11 is 6.12. The van der Waals surface area contributed by atoms with Crippen LogP contribution in [0.4, 0.5) is 19.0 Å². The Hall–Kier alpha value is -3.92. The molecule has 34 heavy (non-hydrogen) atoms. The summed E-state index contributed by atoms with van der Waals surface area (Å²) in [5.41, 5.74) is 0.590. The summed E-state index contributed by atoms with van der Waals surface area (Å²) < 4.78 is 43.5. The number of pyridine rings is 1. The van der Waals surface area contributed by atoms with Crippen LogP contribution in [0.5, 0.6) is 0 Å². The molecule has 0 radical (unpaired) electrons. The van der Waals surface area contributed by atoms with Gasteiger partial charge in [-0.3, -0.25) is 9.36 Å². The van der Waals surface area contributed by atoms with Crippen LogP contribution >= 0.6 is 11.6 Å². The van der Waals surface area contributed by atoms with Gasteiger partial charge in [0.25, 0.3) is 5.56 Å². The smallest absolute Gasteiger partial charge is 0.264 e. The van der Waals surface area contributed by atoms with Gasteiger partial charge in [-0.15, -0.1) is 0 Å². The lowest BCUT2D eigenvalue weighted by molar-refractivity contribution is 0.579. The Bertz CT molecular complexity index is 1600. The molecule has 172 valence electrons. The first-order chi connectivity index (χ1) is 16.4. The minimum atomic E-state index is -0.867. The molecule has 0 fully saturated rings. The van der Waals surface area contributed by atoms with Crippen molar-refractivity contribution >= 4 is 39.4 Å². The zero-order valence-electron chi connectivity index (χ0n) is 17.6. The molecule has 7 nitrogen and oxygen atoms in total. The second-order valence-electron chi connectivity index (χ2n) is 7.59. The lowest BCUT2D eigenvalue weighted by atomic mass is 10.0. The van der Waals surface area contributed by atoms with Crippen molar-refractivity contribution in [1.29, 1.82) is 0 Å². The largest absolute Gasteiger partial charge is 0.360 e. The quantitative estimate of drug-likeness (QED) is 0.354. The van der Waals surface area contributed by atoms with Gasteiger partial charge in [0.15, 0.2) is 11.5 Å². The number of rotatable bonds is 5. The van der Waals surface area contributed by atoms with Crippen molar-refractivity contribution in [2.75, 3.05) is 5.32 Å². The average Bonchev–Trinajstić information content (AvgIpc) is 3.28. The maximum atomic E-state index is 14.2. The Morgan fingerprint density at radius 1 is 1.09 bits per heavy atom. The fourth-order valence-electron chi connectivity index (χ4n) is 3.97. The standard InChI is InChI=1S/C23H16ClF3N6O/c1-2-16(32-22-20-21(29-9-28-20)30-10-31-22)17-5-11-3-4-15(27)19(24)18(11)23(34)33(17)14-7-12(25)6-13(26)8-14/h3-10,16H,2H2,1H3,(H2,28,29,30,31,32)/t16-/m0/s1. The molecule has 0 aliphatic heterocycles. The van der Waals surface area contributed by atoms with Crippen molar-refractivity contribution < 1.29 is 13.2 Å². The van der Waals surface area contributed by atoms with E-state index in [-0.39, 0.29) is 16.1 Å². The van der Waals surface area contributed by atoms with E-state index >= 15 is 0 Å². The van der Waals surface area contributed by atoms with Crippen molar-refractivity contribution in [2.45, 2.75) is 19.4 Å². The first kappa shape index (κ1) is 21.9. The lowest BCUT2D eigenvalue weighted by Gasteiger charge is -2.23. The molecule has 0 amide bonds. The predicted octanol–water partition coefficient (Wildman–Crippen LogP) is 5.29. The Morgan fingerprint density at radius 2 is 1.85 bits per heavy atom. The van der Waals surface area contributed by atoms with Crippen LogP contribution in [-0.2, 0) is 0 Å². The second-order valence-corrected chi connectivity index (χ2v) is 7.97. The van der Waals surface area contributed by atoms with E-state index in [4.69, 9.17) is 11.6 Å². The van der Waals surface area contributed by atoms with Gasteiger partial charge in [0.1, 0.15) is 29.3 Å².